The minimum atomic E-state index is -0.200. The van der Waals surface area contributed by atoms with E-state index in [-0.39, 0.29) is 5.91 Å². The lowest BCUT2D eigenvalue weighted by Crippen LogP contribution is -2.39. The van der Waals surface area contributed by atoms with Crippen molar-refractivity contribution < 1.29 is 4.79 Å². The predicted molar refractivity (Wildman–Crippen MR) is 82.0 cm³/mol. The van der Waals surface area contributed by atoms with Crippen LogP contribution < -0.4 is 11.1 Å². The second-order valence-corrected chi connectivity index (χ2v) is 6.05. The third kappa shape index (κ3) is 4.03. The molecule has 1 fully saturated rings. The van der Waals surface area contributed by atoms with Gasteiger partial charge in [-0.2, -0.15) is 11.8 Å². The maximum absolute atomic E-state index is 12.0. The number of thioether (sulfide) groups is 1. The molecule has 1 aromatic rings. The van der Waals surface area contributed by atoms with Gasteiger partial charge in [0, 0.05) is 43.4 Å². The van der Waals surface area contributed by atoms with Gasteiger partial charge in [-0.1, -0.05) is 17.7 Å². The van der Waals surface area contributed by atoms with E-state index in [2.05, 4.69) is 10.2 Å². The van der Waals surface area contributed by atoms with Crippen LogP contribution >= 0.6 is 23.4 Å². The van der Waals surface area contributed by atoms with Gasteiger partial charge in [-0.25, -0.2) is 0 Å². The van der Waals surface area contributed by atoms with Gasteiger partial charge in [0.1, 0.15) is 0 Å². The number of nitrogen functional groups attached to an aromatic ring is 1. The highest BCUT2D eigenvalue weighted by molar-refractivity contribution is 7.99. The molecule has 3 N–H and O–H groups in total. The van der Waals surface area contributed by atoms with Crippen LogP contribution in [0.15, 0.2) is 18.2 Å². The quantitative estimate of drug-likeness (QED) is 0.831. The third-order valence-electron chi connectivity index (χ3n) is 3.09. The third-order valence-corrected chi connectivity index (χ3v) is 4.35. The number of anilines is 1. The molecule has 0 bridgehead atoms. The van der Waals surface area contributed by atoms with E-state index in [1.807, 2.05) is 11.8 Å². The Hall–Kier alpha value is -0.910. The number of carbonyl (C=O) groups is 1. The number of hydrogen-bond acceptors (Lipinski definition) is 4. The molecule has 104 valence electrons. The molecule has 1 amide bonds. The maximum atomic E-state index is 12.0. The molecular formula is C13H18ClN3OS. The molecule has 0 unspecified atom stereocenters. The first-order chi connectivity index (χ1) is 9.18. The lowest BCUT2D eigenvalue weighted by molar-refractivity contribution is 0.0950. The Balaban J connectivity index is 1.84. The minimum absolute atomic E-state index is 0.200. The molecule has 1 aromatic carbocycles. The van der Waals surface area contributed by atoms with Gasteiger partial charge >= 0.3 is 0 Å². The summed E-state index contributed by atoms with van der Waals surface area (Å²) in [5.41, 5.74) is 6.57. The van der Waals surface area contributed by atoms with E-state index in [0.717, 1.165) is 19.6 Å². The molecule has 1 heterocycles. The number of halogens is 1. The van der Waals surface area contributed by atoms with Crippen molar-refractivity contribution in [3.63, 3.8) is 0 Å². The zero-order chi connectivity index (χ0) is 13.7. The number of amides is 1. The van der Waals surface area contributed by atoms with Crippen molar-refractivity contribution in [1.29, 1.82) is 0 Å². The van der Waals surface area contributed by atoms with Crippen molar-refractivity contribution in [3.05, 3.63) is 28.8 Å². The van der Waals surface area contributed by atoms with Crippen LogP contribution in [0.5, 0.6) is 0 Å². The van der Waals surface area contributed by atoms with E-state index in [0.29, 0.717) is 22.8 Å². The summed E-state index contributed by atoms with van der Waals surface area (Å²) in [7, 11) is 0. The van der Waals surface area contributed by atoms with Crippen molar-refractivity contribution in [2.24, 2.45) is 0 Å². The molecule has 1 aliphatic rings. The van der Waals surface area contributed by atoms with Crippen LogP contribution in [-0.2, 0) is 0 Å². The summed E-state index contributed by atoms with van der Waals surface area (Å²) in [6.45, 7) is 3.67. The average Bonchev–Trinajstić information content (AvgIpc) is 2.40. The first-order valence-corrected chi connectivity index (χ1v) is 7.84. The number of benzene rings is 1. The van der Waals surface area contributed by atoms with Crippen LogP contribution in [-0.4, -0.2) is 48.5 Å². The second kappa shape index (κ2) is 7.03. The van der Waals surface area contributed by atoms with Crippen molar-refractivity contribution in [2.75, 3.05) is 43.4 Å². The molecule has 1 saturated heterocycles. The average molecular weight is 300 g/mol. The Morgan fingerprint density at radius 3 is 2.84 bits per heavy atom. The molecule has 2 rings (SSSR count). The first-order valence-electron chi connectivity index (χ1n) is 6.31. The highest BCUT2D eigenvalue weighted by Crippen LogP contribution is 2.21. The largest absolute Gasteiger partial charge is 0.398 e. The summed E-state index contributed by atoms with van der Waals surface area (Å²) in [6, 6.07) is 5.09. The number of nitrogens with zero attached hydrogens (tertiary/aromatic N) is 1. The standard InChI is InChI=1S/C13H18ClN3OS/c14-10-2-1-3-11(15)12(10)13(18)16-4-5-17-6-8-19-9-7-17/h1-3H,4-9,15H2,(H,16,18). The molecule has 0 aliphatic carbocycles. The fourth-order valence-electron chi connectivity index (χ4n) is 2.02. The van der Waals surface area contributed by atoms with Crippen LogP contribution in [0.2, 0.25) is 5.02 Å². The fourth-order valence-corrected chi connectivity index (χ4v) is 3.27. The van der Waals surface area contributed by atoms with E-state index < -0.39 is 0 Å². The first kappa shape index (κ1) is 14.5. The lowest BCUT2D eigenvalue weighted by atomic mass is 10.1. The SMILES string of the molecule is Nc1cccc(Cl)c1C(=O)NCCN1CCSCC1. The topological polar surface area (TPSA) is 58.4 Å². The number of carbonyl (C=O) groups excluding carboxylic acids is 1. The summed E-state index contributed by atoms with van der Waals surface area (Å²) < 4.78 is 0. The Morgan fingerprint density at radius 1 is 1.42 bits per heavy atom. The maximum Gasteiger partial charge on any atom is 0.254 e. The van der Waals surface area contributed by atoms with Crippen LogP contribution in [0.25, 0.3) is 0 Å². The predicted octanol–water partition coefficient (Wildman–Crippen LogP) is 1.70. The van der Waals surface area contributed by atoms with Gasteiger partial charge in [0.05, 0.1) is 10.6 Å². The van der Waals surface area contributed by atoms with Crippen LogP contribution in [0.4, 0.5) is 5.69 Å². The van der Waals surface area contributed by atoms with Gasteiger partial charge in [-0.3, -0.25) is 9.69 Å². The van der Waals surface area contributed by atoms with Gasteiger partial charge in [0.25, 0.3) is 5.91 Å². The zero-order valence-corrected chi connectivity index (χ0v) is 12.3. The van der Waals surface area contributed by atoms with E-state index in [9.17, 15) is 4.79 Å². The Labute approximate surface area is 122 Å². The van der Waals surface area contributed by atoms with E-state index in [4.69, 9.17) is 17.3 Å². The Kier molecular flexibility index (Phi) is 5.36. The van der Waals surface area contributed by atoms with Gasteiger partial charge in [0.2, 0.25) is 0 Å². The summed E-state index contributed by atoms with van der Waals surface area (Å²) in [4.78, 5) is 14.4. The molecule has 0 saturated carbocycles. The summed E-state index contributed by atoms with van der Waals surface area (Å²) in [6.07, 6.45) is 0. The molecule has 1 aliphatic heterocycles. The Morgan fingerprint density at radius 2 is 2.16 bits per heavy atom. The second-order valence-electron chi connectivity index (χ2n) is 4.41. The molecule has 0 radical (unpaired) electrons. The van der Waals surface area contributed by atoms with Crippen LogP contribution in [0.3, 0.4) is 0 Å². The van der Waals surface area contributed by atoms with Gasteiger partial charge < -0.3 is 11.1 Å². The minimum Gasteiger partial charge on any atom is -0.398 e. The van der Waals surface area contributed by atoms with Crippen LogP contribution in [0.1, 0.15) is 10.4 Å². The lowest BCUT2D eigenvalue weighted by Gasteiger charge is -2.26. The molecule has 0 aromatic heterocycles. The number of nitrogens with two attached hydrogens (primary N) is 1. The molecule has 0 atom stereocenters. The van der Waals surface area contributed by atoms with E-state index in [1.165, 1.54) is 11.5 Å². The monoisotopic (exact) mass is 299 g/mol. The van der Waals surface area contributed by atoms with Crippen molar-refractivity contribution >= 4 is 35.0 Å². The summed E-state index contributed by atoms with van der Waals surface area (Å²) >= 11 is 7.97. The molecule has 19 heavy (non-hydrogen) atoms. The summed E-state index contributed by atoms with van der Waals surface area (Å²) in [5.74, 6) is 2.14. The van der Waals surface area contributed by atoms with Gasteiger partial charge in [0.15, 0.2) is 0 Å². The number of rotatable bonds is 4. The molecule has 6 heteroatoms. The van der Waals surface area contributed by atoms with Crippen molar-refractivity contribution in [1.82, 2.24) is 10.2 Å². The smallest absolute Gasteiger partial charge is 0.254 e. The van der Waals surface area contributed by atoms with Crippen molar-refractivity contribution in [2.45, 2.75) is 0 Å². The fraction of sp³-hybridized carbons (Fsp3) is 0.462. The zero-order valence-electron chi connectivity index (χ0n) is 10.7. The van der Waals surface area contributed by atoms with Gasteiger partial charge in [-0.05, 0) is 12.1 Å². The normalized spacial score (nSPS) is 16.3. The van der Waals surface area contributed by atoms with Crippen molar-refractivity contribution in [3.8, 4) is 0 Å². The van der Waals surface area contributed by atoms with Gasteiger partial charge in [-0.15, -0.1) is 0 Å². The van der Waals surface area contributed by atoms with Crippen LogP contribution in [0, 0.1) is 0 Å². The molecular weight excluding hydrogens is 282 g/mol. The van der Waals surface area contributed by atoms with E-state index in [1.54, 1.807) is 18.2 Å². The Bertz CT molecular complexity index is 429. The molecule has 0 spiro atoms. The molecule has 4 nitrogen and oxygen atoms in total. The number of hydrogen-bond donors (Lipinski definition) is 2. The number of nitrogens with one attached hydrogen (secondary N) is 1. The highest BCUT2D eigenvalue weighted by Gasteiger charge is 2.14. The summed E-state index contributed by atoms with van der Waals surface area (Å²) in [5, 5.41) is 3.27. The highest BCUT2D eigenvalue weighted by atomic mass is 35.5. The van der Waals surface area contributed by atoms with E-state index >= 15 is 0 Å².